The minimum atomic E-state index is -0.578. The van der Waals surface area contributed by atoms with Gasteiger partial charge in [-0.2, -0.15) is 0 Å². The molecule has 0 saturated carbocycles. The Morgan fingerprint density at radius 1 is 0.826 bits per heavy atom. The van der Waals surface area contributed by atoms with Crippen LogP contribution in [0.2, 0.25) is 0 Å². The maximum Gasteiger partial charge on any atom is 0.252 e. The highest BCUT2D eigenvalue weighted by Gasteiger charge is 2.13. The monoisotopic (exact) mass is 319 g/mol. The van der Waals surface area contributed by atoms with Gasteiger partial charge in [0.05, 0.1) is 11.1 Å². The summed E-state index contributed by atoms with van der Waals surface area (Å²) in [6.45, 7) is 1.41. The second kappa shape index (κ2) is 11.7. The smallest absolute Gasteiger partial charge is 0.252 e. The molecular formula is C18H29N3O2. The van der Waals surface area contributed by atoms with E-state index in [9.17, 15) is 9.59 Å². The van der Waals surface area contributed by atoms with Gasteiger partial charge in [0, 0.05) is 6.54 Å². The molecular weight excluding hydrogens is 290 g/mol. The first-order valence-electron chi connectivity index (χ1n) is 8.54. The Balaban J connectivity index is 2.14. The Morgan fingerprint density at radius 3 is 1.91 bits per heavy atom. The number of nitrogens with two attached hydrogens (primary N) is 2. The van der Waals surface area contributed by atoms with E-state index in [1.54, 1.807) is 24.3 Å². The molecule has 0 radical (unpaired) electrons. The molecule has 0 aliphatic rings. The van der Waals surface area contributed by atoms with Crippen molar-refractivity contribution in [1.82, 2.24) is 5.32 Å². The maximum absolute atomic E-state index is 12.1. The summed E-state index contributed by atoms with van der Waals surface area (Å²) in [6.07, 6.45) is 9.36. The predicted octanol–water partition coefficient (Wildman–Crippen LogP) is 2.59. The highest BCUT2D eigenvalue weighted by Crippen LogP contribution is 2.09. The summed E-state index contributed by atoms with van der Waals surface area (Å²) in [5.74, 6) is -0.813. The molecule has 128 valence electrons. The van der Waals surface area contributed by atoms with Crippen LogP contribution in [0.3, 0.4) is 0 Å². The number of benzene rings is 1. The highest BCUT2D eigenvalue weighted by atomic mass is 16.2. The number of carbonyl (C=O) groups is 2. The van der Waals surface area contributed by atoms with Gasteiger partial charge in [-0.3, -0.25) is 9.59 Å². The zero-order chi connectivity index (χ0) is 16.9. The van der Waals surface area contributed by atoms with E-state index in [2.05, 4.69) is 5.32 Å². The van der Waals surface area contributed by atoms with Crippen LogP contribution in [-0.2, 0) is 0 Å². The summed E-state index contributed by atoms with van der Waals surface area (Å²) in [7, 11) is 0. The van der Waals surface area contributed by atoms with Gasteiger partial charge < -0.3 is 16.8 Å². The largest absolute Gasteiger partial charge is 0.366 e. The van der Waals surface area contributed by atoms with Crippen LogP contribution in [0.25, 0.3) is 0 Å². The van der Waals surface area contributed by atoms with Crippen LogP contribution in [0.1, 0.15) is 72.1 Å². The zero-order valence-electron chi connectivity index (χ0n) is 13.9. The summed E-state index contributed by atoms with van der Waals surface area (Å²) in [5, 5.41) is 2.85. The number of primary amides is 1. The van der Waals surface area contributed by atoms with E-state index >= 15 is 0 Å². The number of amides is 2. The molecule has 0 spiro atoms. The summed E-state index contributed by atoms with van der Waals surface area (Å²) in [4.78, 5) is 23.4. The van der Waals surface area contributed by atoms with Gasteiger partial charge in [-0.1, -0.05) is 50.7 Å². The number of hydrogen-bond acceptors (Lipinski definition) is 3. The second-order valence-corrected chi connectivity index (χ2v) is 5.78. The molecule has 5 nitrogen and oxygen atoms in total. The van der Waals surface area contributed by atoms with Crippen LogP contribution in [0.5, 0.6) is 0 Å². The lowest BCUT2D eigenvalue weighted by Crippen LogP contribution is -2.27. The third kappa shape index (κ3) is 7.79. The maximum atomic E-state index is 12.1. The molecule has 0 fully saturated rings. The normalized spacial score (nSPS) is 10.5. The molecule has 1 aromatic carbocycles. The Labute approximate surface area is 138 Å². The number of carbonyl (C=O) groups excluding carboxylic acids is 2. The van der Waals surface area contributed by atoms with Crippen molar-refractivity contribution in [2.24, 2.45) is 11.5 Å². The minimum Gasteiger partial charge on any atom is -0.366 e. The third-order valence-electron chi connectivity index (χ3n) is 3.85. The predicted molar refractivity (Wildman–Crippen MR) is 93.3 cm³/mol. The van der Waals surface area contributed by atoms with Gasteiger partial charge in [0.25, 0.3) is 5.91 Å². The van der Waals surface area contributed by atoms with Gasteiger partial charge >= 0.3 is 0 Å². The summed E-state index contributed by atoms with van der Waals surface area (Å²) >= 11 is 0. The van der Waals surface area contributed by atoms with E-state index in [-0.39, 0.29) is 11.5 Å². The lowest BCUT2D eigenvalue weighted by atomic mass is 10.1. The average Bonchev–Trinajstić information content (AvgIpc) is 2.56. The van der Waals surface area contributed by atoms with Crippen LogP contribution in [0.4, 0.5) is 0 Å². The van der Waals surface area contributed by atoms with Gasteiger partial charge in [0.2, 0.25) is 5.91 Å². The Hall–Kier alpha value is -1.88. The van der Waals surface area contributed by atoms with Crippen LogP contribution >= 0.6 is 0 Å². The number of nitrogens with one attached hydrogen (secondary N) is 1. The fourth-order valence-corrected chi connectivity index (χ4v) is 2.52. The van der Waals surface area contributed by atoms with Gasteiger partial charge in [-0.25, -0.2) is 0 Å². The molecule has 0 unspecified atom stereocenters. The first kappa shape index (κ1) is 19.2. The fourth-order valence-electron chi connectivity index (χ4n) is 2.52. The van der Waals surface area contributed by atoms with Crippen molar-refractivity contribution in [3.05, 3.63) is 35.4 Å². The molecule has 1 aromatic rings. The van der Waals surface area contributed by atoms with Crippen LogP contribution in [0.15, 0.2) is 24.3 Å². The Kier molecular flexibility index (Phi) is 9.71. The number of hydrogen-bond donors (Lipinski definition) is 3. The van der Waals surface area contributed by atoms with E-state index < -0.39 is 5.91 Å². The minimum absolute atomic E-state index is 0.235. The number of unbranched alkanes of at least 4 members (excludes halogenated alkanes) is 7. The quantitative estimate of drug-likeness (QED) is 0.516. The van der Waals surface area contributed by atoms with Gasteiger partial charge in [0.15, 0.2) is 0 Å². The van der Waals surface area contributed by atoms with E-state index in [1.165, 1.54) is 32.1 Å². The van der Waals surface area contributed by atoms with Crippen molar-refractivity contribution in [2.75, 3.05) is 13.1 Å². The van der Waals surface area contributed by atoms with Gasteiger partial charge in [-0.05, 0) is 31.5 Å². The SMILES string of the molecule is NCCCCCCCCCCNC(=O)c1ccccc1C(N)=O. The highest BCUT2D eigenvalue weighted by molar-refractivity contribution is 6.06. The lowest BCUT2D eigenvalue weighted by Gasteiger charge is -2.08. The molecule has 0 bridgehead atoms. The topological polar surface area (TPSA) is 98.2 Å². The molecule has 2 amide bonds. The van der Waals surface area contributed by atoms with Crippen LogP contribution in [0, 0.1) is 0 Å². The molecule has 5 N–H and O–H groups in total. The van der Waals surface area contributed by atoms with Crippen molar-refractivity contribution in [3.63, 3.8) is 0 Å². The van der Waals surface area contributed by atoms with E-state index in [0.29, 0.717) is 12.1 Å². The lowest BCUT2D eigenvalue weighted by molar-refractivity contribution is 0.0935. The first-order valence-corrected chi connectivity index (χ1v) is 8.54. The van der Waals surface area contributed by atoms with Crippen molar-refractivity contribution < 1.29 is 9.59 Å². The van der Waals surface area contributed by atoms with E-state index in [0.717, 1.165) is 25.8 Å². The molecule has 5 heteroatoms. The first-order chi connectivity index (χ1) is 11.2. The van der Waals surface area contributed by atoms with Crippen molar-refractivity contribution in [1.29, 1.82) is 0 Å². The average molecular weight is 319 g/mol. The summed E-state index contributed by atoms with van der Waals surface area (Å²) < 4.78 is 0. The van der Waals surface area contributed by atoms with Crippen molar-refractivity contribution in [3.8, 4) is 0 Å². The van der Waals surface area contributed by atoms with E-state index in [4.69, 9.17) is 11.5 Å². The fraction of sp³-hybridized carbons (Fsp3) is 0.556. The number of rotatable bonds is 12. The molecule has 0 aliphatic carbocycles. The zero-order valence-corrected chi connectivity index (χ0v) is 13.9. The van der Waals surface area contributed by atoms with Gasteiger partial charge in [-0.15, -0.1) is 0 Å². The Morgan fingerprint density at radius 2 is 1.35 bits per heavy atom. The van der Waals surface area contributed by atoms with Crippen LogP contribution in [-0.4, -0.2) is 24.9 Å². The summed E-state index contributed by atoms with van der Waals surface area (Å²) in [6, 6.07) is 6.62. The molecule has 0 aromatic heterocycles. The third-order valence-corrected chi connectivity index (χ3v) is 3.85. The van der Waals surface area contributed by atoms with Crippen molar-refractivity contribution >= 4 is 11.8 Å². The van der Waals surface area contributed by atoms with Gasteiger partial charge in [0.1, 0.15) is 0 Å². The Bertz CT molecular complexity index is 489. The van der Waals surface area contributed by atoms with E-state index in [1.807, 2.05) is 0 Å². The molecule has 1 rings (SSSR count). The second-order valence-electron chi connectivity index (χ2n) is 5.78. The standard InChI is InChI=1S/C18H29N3O2/c19-13-9-5-3-1-2-4-6-10-14-21-18(23)16-12-8-7-11-15(16)17(20)22/h7-8,11-12H,1-6,9-10,13-14,19H2,(H2,20,22)(H,21,23). The molecule has 0 saturated heterocycles. The summed E-state index contributed by atoms with van der Waals surface area (Å²) in [5.41, 5.74) is 11.3. The molecule has 0 atom stereocenters. The molecule has 0 heterocycles. The molecule has 23 heavy (non-hydrogen) atoms. The van der Waals surface area contributed by atoms with Crippen LogP contribution < -0.4 is 16.8 Å². The van der Waals surface area contributed by atoms with Crippen molar-refractivity contribution in [2.45, 2.75) is 51.4 Å². The molecule has 0 aliphatic heterocycles.